The lowest BCUT2D eigenvalue weighted by molar-refractivity contribution is 0.263. The van der Waals surface area contributed by atoms with Crippen LogP contribution in [0.5, 0.6) is 0 Å². The Hall–Kier alpha value is -0.0800. The number of piperazine rings is 1. The van der Waals surface area contributed by atoms with Crippen LogP contribution in [0.1, 0.15) is 6.92 Å². The molecule has 1 atom stereocenters. The molecule has 0 bridgehead atoms. The minimum Gasteiger partial charge on any atom is -0.314 e. The molecular weight excluding hydrogens is 100 g/mol. The normalized spacial score (nSPS) is 33.0. The Morgan fingerprint density at radius 3 is 2.88 bits per heavy atom. The van der Waals surface area contributed by atoms with Crippen molar-refractivity contribution in [2.24, 2.45) is 0 Å². The molecule has 47 valence electrons. The molecule has 1 radical (unpaired) electrons. The minimum atomic E-state index is 0.670. The van der Waals surface area contributed by atoms with Gasteiger partial charge in [-0.2, -0.15) is 0 Å². The third-order valence-corrected chi connectivity index (χ3v) is 1.66. The van der Waals surface area contributed by atoms with E-state index in [-0.39, 0.29) is 0 Å². The number of likely N-dealkylation sites (N-methyl/N-ethyl adjacent to an activating group) is 1. The van der Waals surface area contributed by atoms with Gasteiger partial charge in [-0.25, -0.2) is 0 Å². The first-order chi connectivity index (χ1) is 3.80. The van der Waals surface area contributed by atoms with Crippen LogP contribution in [-0.4, -0.2) is 31.1 Å². The van der Waals surface area contributed by atoms with E-state index in [1.165, 1.54) is 0 Å². The first kappa shape index (κ1) is 6.05. The summed E-state index contributed by atoms with van der Waals surface area (Å²) in [6.45, 7) is 6.53. The van der Waals surface area contributed by atoms with Gasteiger partial charge in [-0.15, -0.1) is 0 Å². The van der Waals surface area contributed by atoms with Crippen molar-refractivity contribution in [3.05, 3.63) is 6.54 Å². The molecule has 8 heavy (non-hydrogen) atoms. The zero-order chi connectivity index (χ0) is 5.98. The third-order valence-electron chi connectivity index (χ3n) is 1.66. The molecule has 0 aromatic carbocycles. The molecule has 2 heteroatoms. The largest absolute Gasteiger partial charge is 0.314 e. The summed E-state index contributed by atoms with van der Waals surface area (Å²) in [6, 6.07) is 0.670. The Morgan fingerprint density at radius 2 is 2.50 bits per heavy atom. The highest BCUT2D eigenvalue weighted by Crippen LogP contribution is 1.99. The van der Waals surface area contributed by atoms with E-state index in [4.69, 9.17) is 0 Å². The van der Waals surface area contributed by atoms with E-state index in [1.54, 1.807) is 0 Å². The molecule has 0 spiro atoms. The van der Waals surface area contributed by atoms with Gasteiger partial charge >= 0.3 is 0 Å². The summed E-state index contributed by atoms with van der Waals surface area (Å²) in [5.74, 6) is 0. The smallest absolute Gasteiger partial charge is 0.0388 e. The second-order valence-corrected chi connectivity index (χ2v) is 2.36. The van der Waals surface area contributed by atoms with Crippen molar-refractivity contribution in [1.29, 1.82) is 0 Å². The van der Waals surface area contributed by atoms with Crippen LogP contribution < -0.4 is 5.32 Å². The number of rotatable bonds is 0. The van der Waals surface area contributed by atoms with Gasteiger partial charge in [0.05, 0.1) is 0 Å². The average Bonchev–Trinajstić information content (AvgIpc) is 1.77. The van der Waals surface area contributed by atoms with Crippen LogP contribution in [0.2, 0.25) is 0 Å². The van der Waals surface area contributed by atoms with Crippen LogP contribution in [0, 0.1) is 6.54 Å². The number of nitrogens with zero attached hydrogens (tertiary/aromatic N) is 1. The molecule has 1 heterocycles. The van der Waals surface area contributed by atoms with Crippen LogP contribution in [-0.2, 0) is 0 Å². The van der Waals surface area contributed by atoms with Crippen molar-refractivity contribution < 1.29 is 0 Å². The van der Waals surface area contributed by atoms with E-state index in [0.29, 0.717) is 6.04 Å². The molecule has 1 aliphatic heterocycles. The molecule has 2 nitrogen and oxygen atoms in total. The Balaban J connectivity index is 2.28. The monoisotopic (exact) mass is 113 g/mol. The summed E-state index contributed by atoms with van der Waals surface area (Å²) in [7, 11) is 2.12. The highest BCUT2D eigenvalue weighted by atomic mass is 15.2. The van der Waals surface area contributed by atoms with E-state index in [0.717, 1.165) is 13.1 Å². The van der Waals surface area contributed by atoms with Crippen molar-refractivity contribution in [3.63, 3.8) is 0 Å². The summed E-state index contributed by atoms with van der Waals surface area (Å²) in [5.41, 5.74) is 0. The van der Waals surface area contributed by atoms with Gasteiger partial charge in [-0.1, -0.05) is 0 Å². The number of hydrogen-bond donors (Lipinski definition) is 1. The highest BCUT2D eigenvalue weighted by molar-refractivity contribution is 4.80. The Morgan fingerprint density at radius 1 is 1.75 bits per heavy atom. The second kappa shape index (κ2) is 2.46. The molecule has 0 aromatic rings. The van der Waals surface area contributed by atoms with Crippen LogP contribution in [0.25, 0.3) is 0 Å². The maximum absolute atomic E-state index is 3.27. The van der Waals surface area contributed by atoms with Crippen LogP contribution in [0.3, 0.4) is 0 Å². The molecule has 0 aromatic heterocycles. The van der Waals surface area contributed by atoms with Crippen molar-refractivity contribution in [1.82, 2.24) is 10.2 Å². The molecular formula is C6H13N2. The number of hydrogen-bond acceptors (Lipinski definition) is 2. The lowest BCUT2D eigenvalue weighted by Gasteiger charge is -2.29. The van der Waals surface area contributed by atoms with Gasteiger partial charge in [0, 0.05) is 25.7 Å². The van der Waals surface area contributed by atoms with Crippen LogP contribution in [0.4, 0.5) is 0 Å². The number of nitrogens with one attached hydrogen (secondary N) is 1. The molecule has 0 amide bonds. The predicted molar refractivity (Wildman–Crippen MR) is 34.4 cm³/mol. The quantitative estimate of drug-likeness (QED) is 0.478. The Bertz CT molecular complexity index is 62.9. The maximum atomic E-state index is 3.27. The topological polar surface area (TPSA) is 15.3 Å². The van der Waals surface area contributed by atoms with E-state index in [1.807, 2.05) is 0 Å². The molecule has 1 fully saturated rings. The molecule has 1 N–H and O–H groups in total. The summed E-state index contributed by atoms with van der Waals surface area (Å²) < 4.78 is 0. The second-order valence-electron chi connectivity index (χ2n) is 2.36. The Labute approximate surface area is 50.9 Å². The van der Waals surface area contributed by atoms with Gasteiger partial charge in [0.2, 0.25) is 0 Å². The van der Waals surface area contributed by atoms with Crippen LogP contribution in [0.15, 0.2) is 0 Å². The van der Waals surface area contributed by atoms with Gasteiger partial charge in [0.15, 0.2) is 0 Å². The van der Waals surface area contributed by atoms with Gasteiger partial charge < -0.3 is 5.32 Å². The average molecular weight is 113 g/mol. The first-order valence-corrected chi connectivity index (χ1v) is 3.06. The molecule has 1 unspecified atom stereocenters. The molecule has 1 rings (SSSR count). The molecule has 0 aliphatic carbocycles. The van der Waals surface area contributed by atoms with E-state index < -0.39 is 0 Å². The van der Waals surface area contributed by atoms with Gasteiger partial charge in [-0.3, -0.25) is 4.90 Å². The fraction of sp³-hybridized carbons (Fsp3) is 0.833. The van der Waals surface area contributed by atoms with E-state index in [9.17, 15) is 0 Å². The van der Waals surface area contributed by atoms with Crippen molar-refractivity contribution in [3.8, 4) is 0 Å². The first-order valence-electron chi connectivity index (χ1n) is 3.06. The van der Waals surface area contributed by atoms with E-state index >= 15 is 0 Å². The Kier molecular flexibility index (Phi) is 1.86. The van der Waals surface area contributed by atoms with Gasteiger partial charge in [0.25, 0.3) is 0 Å². The highest BCUT2D eigenvalue weighted by Gasteiger charge is 2.12. The molecule has 1 saturated heterocycles. The SMILES string of the molecule is CC1CNC[CH]N1C. The lowest BCUT2D eigenvalue weighted by atomic mass is 10.2. The van der Waals surface area contributed by atoms with Gasteiger partial charge in [-0.05, 0) is 14.0 Å². The summed E-state index contributed by atoms with van der Waals surface area (Å²) >= 11 is 0. The van der Waals surface area contributed by atoms with Crippen molar-refractivity contribution in [2.75, 3.05) is 20.1 Å². The zero-order valence-corrected chi connectivity index (χ0v) is 5.52. The van der Waals surface area contributed by atoms with Crippen molar-refractivity contribution >= 4 is 0 Å². The fourth-order valence-electron chi connectivity index (χ4n) is 0.825. The van der Waals surface area contributed by atoms with Crippen molar-refractivity contribution in [2.45, 2.75) is 13.0 Å². The van der Waals surface area contributed by atoms with E-state index in [2.05, 4.69) is 30.7 Å². The fourth-order valence-corrected chi connectivity index (χ4v) is 0.825. The predicted octanol–water partition coefficient (Wildman–Crippen LogP) is 0.0717. The standard InChI is InChI=1S/C6H13N2/c1-6-5-7-3-4-8(6)2/h4,6-7H,3,5H2,1-2H3. The molecule has 1 aliphatic rings. The summed E-state index contributed by atoms with van der Waals surface area (Å²) in [5, 5.41) is 3.27. The van der Waals surface area contributed by atoms with Gasteiger partial charge in [0.1, 0.15) is 0 Å². The third kappa shape index (κ3) is 1.20. The maximum Gasteiger partial charge on any atom is 0.0388 e. The van der Waals surface area contributed by atoms with Crippen LogP contribution >= 0.6 is 0 Å². The summed E-state index contributed by atoms with van der Waals surface area (Å²) in [6.07, 6.45) is 0. The summed E-state index contributed by atoms with van der Waals surface area (Å²) in [4.78, 5) is 2.25. The lowest BCUT2D eigenvalue weighted by Crippen LogP contribution is -2.44. The zero-order valence-electron chi connectivity index (χ0n) is 5.52. The minimum absolute atomic E-state index is 0.670. The molecule has 0 saturated carbocycles.